The van der Waals surface area contributed by atoms with Crippen LogP contribution in [0, 0.1) is 0 Å². The van der Waals surface area contributed by atoms with E-state index in [0.29, 0.717) is 17.7 Å². The SMILES string of the molecule is COc1ccc(C(=O)CCCCN2CCN(c3ccccc3)CC2)cc1NS(C)(=O)=O. The Bertz CT molecular complexity index is 972. The number of ketones is 1. The molecule has 1 aliphatic heterocycles. The van der Waals surface area contributed by atoms with Crippen LogP contribution in [-0.4, -0.2) is 65.2 Å². The Hall–Kier alpha value is -2.58. The van der Waals surface area contributed by atoms with Crippen molar-refractivity contribution in [3.63, 3.8) is 0 Å². The summed E-state index contributed by atoms with van der Waals surface area (Å²) in [5, 5.41) is 0. The summed E-state index contributed by atoms with van der Waals surface area (Å²) in [6, 6.07) is 15.3. The highest BCUT2D eigenvalue weighted by Crippen LogP contribution is 2.27. The molecular weight excluding hydrogens is 414 g/mol. The topological polar surface area (TPSA) is 79.0 Å². The quantitative estimate of drug-likeness (QED) is 0.447. The lowest BCUT2D eigenvalue weighted by atomic mass is 10.0. The van der Waals surface area contributed by atoms with Crippen LogP contribution < -0.4 is 14.4 Å². The van der Waals surface area contributed by atoms with E-state index in [4.69, 9.17) is 4.74 Å². The number of carbonyl (C=O) groups is 1. The minimum Gasteiger partial charge on any atom is -0.495 e. The number of Topliss-reactive ketones (excluding diaryl/α,β-unsaturated/α-hetero) is 1. The largest absolute Gasteiger partial charge is 0.495 e. The lowest BCUT2D eigenvalue weighted by Crippen LogP contribution is -2.46. The normalized spacial score (nSPS) is 15.0. The second kappa shape index (κ2) is 10.6. The van der Waals surface area contributed by atoms with Crippen molar-refractivity contribution in [1.29, 1.82) is 0 Å². The molecule has 1 N–H and O–H groups in total. The molecule has 1 fully saturated rings. The zero-order chi connectivity index (χ0) is 22.3. The summed E-state index contributed by atoms with van der Waals surface area (Å²) >= 11 is 0. The molecule has 0 amide bonds. The molecule has 2 aromatic carbocycles. The van der Waals surface area contributed by atoms with Gasteiger partial charge in [0.15, 0.2) is 5.78 Å². The molecule has 0 unspecified atom stereocenters. The first-order chi connectivity index (χ1) is 14.9. The number of hydrogen-bond donors (Lipinski definition) is 1. The van der Waals surface area contributed by atoms with Crippen molar-refractivity contribution < 1.29 is 17.9 Å². The third kappa shape index (κ3) is 6.97. The fourth-order valence-electron chi connectivity index (χ4n) is 3.79. The molecule has 168 valence electrons. The molecule has 0 radical (unpaired) electrons. The van der Waals surface area contributed by atoms with Crippen molar-refractivity contribution in [2.75, 3.05) is 55.7 Å². The van der Waals surface area contributed by atoms with Crippen LogP contribution in [0.1, 0.15) is 29.6 Å². The van der Waals surface area contributed by atoms with Gasteiger partial charge in [-0.2, -0.15) is 0 Å². The number of nitrogens with one attached hydrogen (secondary N) is 1. The van der Waals surface area contributed by atoms with Crippen LogP contribution in [0.4, 0.5) is 11.4 Å². The Balaban J connectivity index is 1.43. The van der Waals surface area contributed by atoms with E-state index < -0.39 is 10.0 Å². The summed E-state index contributed by atoms with van der Waals surface area (Å²) in [5.41, 5.74) is 2.05. The second-order valence-corrected chi connectivity index (χ2v) is 9.58. The molecule has 1 saturated heterocycles. The zero-order valence-electron chi connectivity index (χ0n) is 18.2. The summed E-state index contributed by atoms with van der Waals surface area (Å²) in [4.78, 5) is 17.4. The summed E-state index contributed by atoms with van der Waals surface area (Å²) in [6.07, 6.45) is 3.27. The molecule has 0 spiro atoms. The fourth-order valence-corrected chi connectivity index (χ4v) is 4.35. The van der Waals surface area contributed by atoms with Crippen molar-refractivity contribution in [1.82, 2.24) is 4.90 Å². The first-order valence-corrected chi connectivity index (χ1v) is 12.5. The number of unbranched alkanes of at least 4 members (excludes halogenated alkanes) is 1. The fraction of sp³-hybridized carbons (Fsp3) is 0.435. The van der Waals surface area contributed by atoms with Crippen molar-refractivity contribution in [2.45, 2.75) is 19.3 Å². The maximum Gasteiger partial charge on any atom is 0.229 e. The van der Waals surface area contributed by atoms with E-state index in [2.05, 4.69) is 38.8 Å². The standard InChI is InChI=1S/C23H31N3O4S/c1-30-23-12-11-19(18-21(23)24-31(2,28)29)22(27)10-6-7-13-25-14-16-26(17-15-25)20-8-4-3-5-9-20/h3-5,8-9,11-12,18,24H,6-7,10,13-17H2,1-2H3. The van der Waals surface area contributed by atoms with Crippen LogP contribution in [0.2, 0.25) is 0 Å². The van der Waals surface area contributed by atoms with Crippen LogP contribution in [0.3, 0.4) is 0 Å². The molecule has 0 atom stereocenters. The van der Waals surface area contributed by atoms with E-state index >= 15 is 0 Å². The minimum atomic E-state index is -3.46. The van der Waals surface area contributed by atoms with Crippen LogP contribution >= 0.6 is 0 Å². The molecule has 8 heteroatoms. The molecule has 3 rings (SSSR count). The van der Waals surface area contributed by atoms with Crippen molar-refractivity contribution in [3.05, 3.63) is 54.1 Å². The highest BCUT2D eigenvalue weighted by molar-refractivity contribution is 7.92. The summed E-state index contributed by atoms with van der Waals surface area (Å²) < 4.78 is 30.7. The van der Waals surface area contributed by atoms with Crippen LogP contribution in [-0.2, 0) is 10.0 Å². The van der Waals surface area contributed by atoms with Gasteiger partial charge >= 0.3 is 0 Å². The summed E-state index contributed by atoms with van der Waals surface area (Å²) in [6.45, 7) is 5.08. The van der Waals surface area contributed by atoms with Gasteiger partial charge in [-0.1, -0.05) is 18.2 Å². The van der Waals surface area contributed by atoms with E-state index in [1.807, 2.05) is 6.07 Å². The molecule has 0 aromatic heterocycles. The summed E-state index contributed by atoms with van der Waals surface area (Å²) in [7, 11) is -2.00. The third-order valence-electron chi connectivity index (χ3n) is 5.44. The van der Waals surface area contributed by atoms with Crippen molar-refractivity contribution in [2.24, 2.45) is 0 Å². The molecule has 1 aliphatic rings. The van der Waals surface area contributed by atoms with Gasteiger partial charge in [0, 0.05) is 43.9 Å². The number of ether oxygens (including phenoxy) is 1. The van der Waals surface area contributed by atoms with Gasteiger partial charge < -0.3 is 9.64 Å². The number of hydrogen-bond acceptors (Lipinski definition) is 6. The summed E-state index contributed by atoms with van der Waals surface area (Å²) in [5.74, 6) is 0.393. The molecule has 31 heavy (non-hydrogen) atoms. The maximum absolute atomic E-state index is 12.6. The maximum atomic E-state index is 12.6. The van der Waals surface area contributed by atoms with Crippen molar-refractivity contribution in [3.8, 4) is 5.75 Å². The van der Waals surface area contributed by atoms with E-state index in [-0.39, 0.29) is 11.5 Å². The molecular formula is C23H31N3O4S. The lowest BCUT2D eigenvalue weighted by Gasteiger charge is -2.36. The minimum absolute atomic E-state index is 0.00750. The Labute approximate surface area is 185 Å². The third-order valence-corrected chi connectivity index (χ3v) is 6.03. The average Bonchev–Trinajstić information content (AvgIpc) is 2.76. The van der Waals surface area contributed by atoms with E-state index in [1.165, 1.54) is 12.8 Å². The van der Waals surface area contributed by atoms with Gasteiger partial charge in [0.05, 0.1) is 19.1 Å². The Morgan fingerprint density at radius 2 is 1.74 bits per heavy atom. The second-order valence-electron chi connectivity index (χ2n) is 7.83. The number of carbonyl (C=O) groups excluding carboxylic acids is 1. The highest BCUT2D eigenvalue weighted by Gasteiger charge is 2.17. The number of piperazine rings is 1. The van der Waals surface area contributed by atoms with Gasteiger partial charge in [-0.3, -0.25) is 14.4 Å². The Morgan fingerprint density at radius 1 is 1.03 bits per heavy atom. The van der Waals surface area contributed by atoms with Crippen LogP contribution in [0.25, 0.3) is 0 Å². The van der Waals surface area contributed by atoms with Crippen LogP contribution in [0.15, 0.2) is 48.5 Å². The van der Waals surface area contributed by atoms with Gasteiger partial charge in [0.25, 0.3) is 0 Å². The average molecular weight is 446 g/mol. The number of para-hydroxylation sites is 1. The Morgan fingerprint density at radius 3 is 2.39 bits per heavy atom. The monoisotopic (exact) mass is 445 g/mol. The number of anilines is 2. The molecule has 0 aliphatic carbocycles. The number of benzene rings is 2. The predicted molar refractivity (Wildman–Crippen MR) is 125 cm³/mol. The number of nitrogens with zero attached hydrogens (tertiary/aromatic N) is 2. The van der Waals surface area contributed by atoms with E-state index in [0.717, 1.165) is 51.8 Å². The number of sulfonamides is 1. The molecule has 0 saturated carbocycles. The van der Waals surface area contributed by atoms with Gasteiger partial charge in [0.2, 0.25) is 10.0 Å². The van der Waals surface area contributed by atoms with Gasteiger partial charge in [-0.25, -0.2) is 8.42 Å². The molecule has 2 aromatic rings. The predicted octanol–water partition coefficient (Wildman–Crippen LogP) is 3.24. The van der Waals surface area contributed by atoms with Gasteiger partial charge in [-0.15, -0.1) is 0 Å². The van der Waals surface area contributed by atoms with E-state index in [1.54, 1.807) is 18.2 Å². The molecule has 7 nitrogen and oxygen atoms in total. The van der Waals surface area contributed by atoms with Gasteiger partial charge in [-0.05, 0) is 49.7 Å². The number of methoxy groups -OCH3 is 1. The molecule has 0 bridgehead atoms. The lowest BCUT2D eigenvalue weighted by molar-refractivity contribution is 0.0977. The smallest absolute Gasteiger partial charge is 0.229 e. The first kappa shape index (κ1) is 23.1. The number of rotatable bonds is 10. The van der Waals surface area contributed by atoms with Crippen molar-refractivity contribution >= 4 is 27.2 Å². The van der Waals surface area contributed by atoms with E-state index in [9.17, 15) is 13.2 Å². The highest BCUT2D eigenvalue weighted by atomic mass is 32.2. The van der Waals surface area contributed by atoms with Gasteiger partial charge in [0.1, 0.15) is 5.75 Å². The Kier molecular flexibility index (Phi) is 7.92. The molecule has 1 heterocycles. The van der Waals surface area contributed by atoms with Crippen LogP contribution in [0.5, 0.6) is 5.75 Å². The first-order valence-electron chi connectivity index (χ1n) is 10.6. The zero-order valence-corrected chi connectivity index (χ0v) is 19.0.